The van der Waals surface area contributed by atoms with E-state index in [0.29, 0.717) is 0 Å². The van der Waals surface area contributed by atoms with Crippen molar-refractivity contribution in [1.82, 2.24) is 0 Å². The molecule has 64 heavy (non-hydrogen) atoms. The molecule has 0 saturated heterocycles. The molecule has 1 aliphatic rings. The van der Waals surface area contributed by atoms with Crippen LogP contribution in [0.5, 0.6) is 0 Å². The highest BCUT2D eigenvalue weighted by Crippen LogP contribution is 2.51. The molecule has 0 amide bonds. The van der Waals surface area contributed by atoms with Crippen molar-refractivity contribution in [1.29, 1.82) is 0 Å². The number of fused-ring (bicyclic) bond motifs is 3. The second-order valence-corrected chi connectivity index (χ2v) is 21.6. The molecule has 0 aliphatic heterocycles. The minimum atomic E-state index is -0.110. The van der Waals surface area contributed by atoms with Crippen molar-refractivity contribution in [2.24, 2.45) is 0 Å². The van der Waals surface area contributed by atoms with E-state index in [9.17, 15) is 0 Å². The van der Waals surface area contributed by atoms with Crippen molar-refractivity contribution < 1.29 is 0 Å². The monoisotopic (exact) mass is 833 g/mol. The highest BCUT2D eigenvalue weighted by molar-refractivity contribution is 5.87. The van der Waals surface area contributed by atoms with Crippen LogP contribution in [0.15, 0.2) is 182 Å². The molecule has 8 aromatic rings. The summed E-state index contributed by atoms with van der Waals surface area (Å²) in [7, 11) is 0. The molecule has 0 N–H and O–H groups in total. The maximum Gasteiger partial charge on any atom is 0.0467 e. The fourth-order valence-corrected chi connectivity index (χ4v) is 9.47. The summed E-state index contributed by atoms with van der Waals surface area (Å²) in [5.41, 5.74) is 22.6. The van der Waals surface area contributed by atoms with Crippen molar-refractivity contribution >= 4 is 17.1 Å². The fourth-order valence-electron chi connectivity index (χ4n) is 9.47. The summed E-state index contributed by atoms with van der Waals surface area (Å²) in [4.78, 5) is 2.43. The predicted molar refractivity (Wildman–Crippen MR) is 277 cm³/mol. The Balaban J connectivity index is 1.14. The second-order valence-electron chi connectivity index (χ2n) is 21.6. The summed E-state index contributed by atoms with van der Waals surface area (Å²) in [5, 5.41) is 0. The van der Waals surface area contributed by atoms with Crippen LogP contribution >= 0.6 is 0 Å². The van der Waals surface area contributed by atoms with Gasteiger partial charge >= 0.3 is 0 Å². The van der Waals surface area contributed by atoms with Crippen LogP contribution in [0.2, 0.25) is 0 Å². The van der Waals surface area contributed by atoms with E-state index in [-0.39, 0.29) is 21.7 Å². The van der Waals surface area contributed by atoms with E-state index in [1.165, 1.54) is 83.5 Å². The van der Waals surface area contributed by atoms with E-state index in [0.717, 1.165) is 17.1 Å². The van der Waals surface area contributed by atoms with Crippen LogP contribution in [-0.2, 0) is 21.7 Å². The lowest BCUT2D eigenvalue weighted by Crippen LogP contribution is -2.16. The Kier molecular flexibility index (Phi) is 10.7. The van der Waals surface area contributed by atoms with Gasteiger partial charge in [0, 0.05) is 22.5 Å². The largest absolute Gasteiger partial charge is 0.310 e. The first-order chi connectivity index (χ1) is 30.3. The van der Waals surface area contributed by atoms with Crippen molar-refractivity contribution in [2.75, 3.05) is 4.90 Å². The lowest BCUT2D eigenvalue weighted by atomic mass is 9.78. The van der Waals surface area contributed by atoms with Crippen molar-refractivity contribution in [2.45, 2.75) is 97.8 Å². The number of anilines is 3. The Hall–Kier alpha value is -6.44. The molecule has 0 fully saturated rings. The van der Waals surface area contributed by atoms with E-state index < -0.39 is 0 Å². The summed E-state index contributed by atoms with van der Waals surface area (Å²) in [6, 6.07) is 68.4. The zero-order chi connectivity index (χ0) is 45.2. The molecule has 9 rings (SSSR count). The van der Waals surface area contributed by atoms with Crippen molar-refractivity contribution in [3.63, 3.8) is 0 Å². The number of benzene rings is 8. The lowest BCUT2D eigenvalue weighted by molar-refractivity contribution is 0.569. The molecule has 0 bridgehead atoms. The maximum atomic E-state index is 2.43. The van der Waals surface area contributed by atoms with Crippen molar-refractivity contribution in [3.8, 4) is 55.6 Å². The van der Waals surface area contributed by atoms with E-state index in [1.807, 2.05) is 0 Å². The van der Waals surface area contributed by atoms with Crippen LogP contribution in [0, 0.1) is 0 Å². The third kappa shape index (κ3) is 8.25. The zero-order valence-electron chi connectivity index (χ0n) is 39.8. The lowest BCUT2D eigenvalue weighted by Gasteiger charge is -2.28. The first kappa shape index (κ1) is 42.8. The standard InChI is InChI=1S/C63H63N/c1-60(2,3)50-35-47(34-48(36-50)49-37-51(61(4,5)6)40-52(38-49)62(7,8)9)45-22-17-21-44(33-45)46-23-18-24-54(39-46)64(53-29-27-43(28-30-53)42-19-13-12-14-20-42)55-31-32-57-56-25-15-16-26-58(56)63(10,11)59(57)41-55/h12-41H,1-11H3. The Morgan fingerprint density at radius 2 is 0.719 bits per heavy atom. The maximum absolute atomic E-state index is 2.43. The molecule has 0 aromatic heterocycles. The topological polar surface area (TPSA) is 3.24 Å². The number of nitrogens with zero attached hydrogens (tertiary/aromatic N) is 1. The minimum Gasteiger partial charge on any atom is -0.310 e. The van der Waals surface area contributed by atoms with E-state index >= 15 is 0 Å². The molecule has 1 heteroatoms. The van der Waals surface area contributed by atoms with Gasteiger partial charge < -0.3 is 4.90 Å². The van der Waals surface area contributed by atoms with Gasteiger partial charge in [0.2, 0.25) is 0 Å². The van der Waals surface area contributed by atoms with Crippen LogP contribution in [-0.4, -0.2) is 0 Å². The van der Waals surface area contributed by atoms with Gasteiger partial charge in [0.15, 0.2) is 0 Å². The Morgan fingerprint density at radius 3 is 1.34 bits per heavy atom. The van der Waals surface area contributed by atoms with Gasteiger partial charge in [-0.3, -0.25) is 0 Å². The predicted octanol–water partition coefficient (Wildman–Crippen LogP) is 18.0. The zero-order valence-corrected chi connectivity index (χ0v) is 39.8. The molecular formula is C63H63N. The normalized spacial score (nSPS) is 13.4. The average molecular weight is 834 g/mol. The quantitative estimate of drug-likeness (QED) is 0.155. The van der Waals surface area contributed by atoms with Gasteiger partial charge in [-0.05, 0) is 148 Å². The Morgan fingerprint density at radius 1 is 0.297 bits per heavy atom. The molecule has 0 heterocycles. The van der Waals surface area contributed by atoms with E-state index in [1.54, 1.807) is 0 Å². The second kappa shape index (κ2) is 16.0. The third-order valence-electron chi connectivity index (χ3n) is 13.5. The molecule has 0 unspecified atom stereocenters. The van der Waals surface area contributed by atoms with Crippen LogP contribution in [0.1, 0.15) is 104 Å². The molecule has 0 radical (unpaired) electrons. The SMILES string of the molecule is CC(C)(C)c1cc(-c2cccc(-c3cccc(N(c4ccc(-c5ccccc5)cc4)c4ccc5c(c4)C(C)(C)c4ccccc4-5)c3)c2)cc(-c2cc(C(C)(C)C)cc(C(C)(C)C)c2)c1. The van der Waals surface area contributed by atoms with Gasteiger partial charge in [0.25, 0.3) is 0 Å². The van der Waals surface area contributed by atoms with Gasteiger partial charge in [-0.25, -0.2) is 0 Å². The average Bonchev–Trinajstić information content (AvgIpc) is 3.51. The third-order valence-corrected chi connectivity index (χ3v) is 13.5. The van der Waals surface area contributed by atoms with Gasteiger partial charge in [0.1, 0.15) is 0 Å². The van der Waals surface area contributed by atoms with Crippen LogP contribution in [0.3, 0.4) is 0 Å². The van der Waals surface area contributed by atoms with Gasteiger partial charge in [-0.2, -0.15) is 0 Å². The Bertz CT molecular complexity index is 2960. The van der Waals surface area contributed by atoms with E-state index in [4.69, 9.17) is 0 Å². The number of hydrogen-bond acceptors (Lipinski definition) is 1. The highest BCUT2D eigenvalue weighted by Gasteiger charge is 2.36. The molecule has 0 spiro atoms. The van der Waals surface area contributed by atoms with Crippen LogP contribution < -0.4 is 4.90 Å². The molecule has 320 valence electrons. The summed E-state index contributed by atoms with van der Waals surface area (Å²) < 4.78 is 0. The first-order valence-corrected chi connectivity index (χ1v) is 23.1. The minimum absolute atomic E-state index is 0.0243. The Labute approximate surface area is 383 Å². The van der Waals surface area contributed by atoms with Gasteiger partial charge in [-0.1, -0.05) is 210 Å². The number of rotatable bonds is 7. The molecule has 0 atom stereocenters. The van der Waals surface area contributed by atoms with Gasteiger partial charge in [0.05, 0.1) is 0 Å². The molecule has 1 nitrogen and oxygen atoms in total. The van der Waals surface area contributed by atoms with Gasteiger partial charge in [-0.15, -0.1) is 0 Å². The molecule has 0 saturated carbocycles. The summed E-state index contributed by atoms with van der Waals surface area (Å²) in [5.74, 6) is 0. The van der Waals surface area contributed by atoms with E-state index in [2.05, 4.69) is 263 Å². The van der Waals surface area contributed by atoms with Crippen LogP contribution in [0.25, 0.3) is 55.6 Å². The summed E-state index contributed by atoms with van der Waals surface area (Å²) in [6.07, 6.45) is 0. The first-order valence-electron chi connectivity index (χ1n) is 23.1. The smallest absolute Gasteiger partial charge is 0.0467 e. The molecule has 1 aliphatic carbocycles. The fraction of sp³-hybridized carbons (Fsp3) is 0.238. The highest BCUT2D eigenvalue weighted by atomic mass is 15.1. The number of hydrogen-bond donors (Lipinski definition) is 0. The van der Waals surface area contributed by atoms with Crippen LogP contribution in [0.4, 0.5) is 17.1 Å². The summed E-state index contributed by atoms with van der Waals surface area (Å²) in [6.45, 7) is 25.6. The molecular weight excluding hydrogens is 771 g/mol. The molecule has 8 aromatic carbocycles. The summed E-state index contributed by atoms with van der Waals surface area (Å²) >= 11 is 0. The van der Waals surface area contributed by atoms with Crippen molar-refractivity contribution in [3.05, 3.63) is 210 Å².